The SMILES string of the molecule is CC1=CC=C(/C=C/C=O)C1. The lowest BCUT2D eigenvalue weighted by Gasteiger charge is -1.90. The van der Waals surface area contributed by atoms with Crippen molar-refractivity contribution in [2.75, 3.05) is 0 Å². The van der Waals surface area contributed by atoms with E-state index in [-0.39, 0.29) is 0 Å². The van der Waals surface area contributed by atoms with Crippen LogP contribution in [0.3, 0.4) is 0 Å². The summed E-state index contributed by atoms with van der Waals surface area (Å²) in [5.41, 5.74) is 2.56. The zero-order valence-electron chi connectivity index (χ0n) is 6.00. The lowest BCUT2D eigenvalue weighted by atomic mass is 10.1. The van der Waals surface area contributed by atoms with E-state index in [9.17, 15) is 4.79 Å². The fraction of sp³-hybridized carbons (Fsp3) is 0.222. The fourth-order valence-electron chi connectivity index (χ4n) is 0.966. The van der Waals surface area contributed by atoms with Gasteiger partial charge in [-0.05, 0) is 25.0 Å². The monoisotopic (exact) mass is 134 g/mol. The van der Waals surface area contributed by atoms with Gasteiger partial charge in [0, 0.05) is 0 Å². The van der Waals surface area contributed by atoms with Crippen molar-refractivity contribution in [3.8, 4) is 0 Å². The number of hydrogen-bond donors (Lipinski definition) is 0. The Morgan fingerprint density at radius 2 is 2.30 bits per heavy atom. The summed E-state index contributed by atoms with van der Waals surface area (Å²) < 4.78 is 0. The predicted octanol–water partition coefficient (Wildman–Crippen LogP) is 2.02. The molecule has 0 bridgehead atoms. The molecule has 0 atom stereocenters. The third kappa shape index (κ3) is 1.69. The van der Waals surface area contributed by atoms with Gasteiger partial charge in [0.05, 0.1) is 0 Å². The molecule has 10 heavy (non-hydrogen) atoms. The standard InChI is InChI=1S/C9H10O/c1-8-4-5-9(7-8)3-2-6-10/h2-6H,7H2,1H3/b3-2+. The van der Waals surface area contributed by atoms with Gasteiger partial charge in [-0.25, -0.2) is 0 Å². The highest BCUT2D eigenvalue weighted by molar-refractivity contribution is 5.66. The molecule has 52 valence electrons. The minimum absolute atomic E-state index is 0.800. The van der Waals surface area contributed by atoms with Gasteiger partial charge in [0.2, 0.25) is 0 Å². The number of carbonyl (C=O) groups excluding carboxylic acids is 1. The minimum Gasteiger partial charge on any atom is -0.299 e. The molecule has 0 saturated heterocycles. The van der Waals surface area contributed by atoms with Gasteiger partial charge in [-0.3, -0.25) is 4.79 Å². The highest BCUT2D eigenvalue weighted by Gasteiger charge is 1.98. The summed E-state index contributed by atoms with van der Waals surface area (Å²) in [6.07, 6.45) is 9.27. The molecule has 0 aromatic heterocycles. The van der Waals surface area contributed by atoms with Crippen molar-refractivity contribution in [2.45, 2.75) is 13.3 Å². The van der Waals surface area contributed by atoms with Crippen LogP contribution in [0.15, 0.2) is 35.5 Å². The van der Waals surface area contributed by atoms with E-state index in [0.717, 1.165) is 12.7 Å². The van der Waals surface area contributed by atoms with Crippen LogP contribution < -0.4 is 0 Å². The van der Waals surface area contributed by atoms with E-state index in [4.69, 9.17) is 0 Å². The van der Waals surface area contributed by atoms with Crippen molar-refractivity contribution in [1.29, 1.82) is 0 Å². The molecule has 0 unspecified atom stereocenters. The molecule has 0 saturated carbocycles. The Morgan fingerprint density at radius 3 is 2.80 bits per heavy atom. The molecule has 1 rings (SSSR count). The number of carbonyl (C=O) groups is 1. The van der Waals surface area contributed by atoms with E-state index in [1.165, 1.54) is 17.2 Å². The second-order valence-electron chi connectivity index (χ2n) is 2.43. The van der Waals surface area contributed by atoms with Crippen LogP contribution in [0, 0.1) is 0 Å². The Kier molecular flexibility index (Phi) is 2.21. The molecule has 1 nitrogen and oxygen atoms in total. The quantitative estimate of drug-likeness (QED) is 0.417. The maximum Gasteiger partial charge on any atom is 0.142 e. The minimum atomic E-state index is 0.800. The topological polar surface area (TPSA) is 17.1 Å². The molecule has 0 aromatic carbocycles. The van der Waals surface area contributed by atoms with Gasteiger partial charge in [-0.15, -0.1) is 0 Å². The van der Waals surface area contributed by atoms with E-state index in [1.54, 1.807) is 0 Å². The number of allylic oxidation sites excluding steroid dienone is 6. The predicted molar refractivity (Wildman–Crippen MR) is 41.7 cm³/mol. The molecule has 1 aliphatic carbocycles. The van der Waals surface area contributed by atoms with Crippen LogP contribution in [0.5, 0.6) is 0 Å². The van der Waals surface area contributed by atoms with E-state index in [2.05, 4.69) is 13.0 Å². The van der Waals surface area contributed by atoms with E-state index in [0.29, 0.717) is 0 Å². The summed E-state index contributed by atoms with van der Waals surface area (Å²) in [4.78, 5) is 9.91. The summed E-state index contributed by atoms with van der Waals surface area (Å²) in [6.45, 7) is 2.08. The molecule has 0 aromatic rings. The van der Waals surface area contributed by atoms with Crippen LogP contribution in [0.2, 0.25) is 0 Å². The van der Waals surface area contributed by atoms with Gasteiger partial charge >= 0.3 is 0 Å². The number of aldehydes is 1. The first-order valence-corrected chi connectivity index (χ1v) is 3.31. The van der Waals surface area contributed by atoms with Gasteiger partial charge in [0.1, 0.15) is 6.29 Å². The molecule has 1 aliphatic rings. The average Bonchev–Trinajstić information content (AvgIpc) is 2.31. The van der Waals surface area contributed by atoms with Crippen LogP contribution in [0.25, 0.3) is 0 Å². The van der Waals surface area contributed by atoms with Crippen molar-refractivity contribution in [3.63, 3.8) is 0 Å². The highest BCUT2D eigenvalue weighted by Crippen LogP contribution is 2.18. The number of hydrogen-bond acceptors (Lipinski definition) is 1. The summed E-state index contributed by atoms with van der Waals surface area (Å²) in [5, 5.41) is 0. The van der Waals surface area contributed by atoms with Crippen molar-refractivity contribution >= 4 is 6.29 Å². The van der Waals surface area contributed by atoms with E-state index >= 15 is 0 Å². The zero-order chi connectivity index (χ0) is 7.40. The third-order valence-corrected chi connectivity index (χ3v) is 1.45. The molecule has 0 aliphatic heterocycles. The average molecular weight is 134 g/mol. The lowest BCUT2D eigenvalue weighted by Crippen LogP contribution is -1.73. The zero-order valence-corrected chi connectivity index (χ0v) is 6.00. The molecular formula is C9H10O. The van der Waals surface area contributed by atoms with Gasteiger partial charge in [0.25, 0.3) is 0 Å². The summed E-state index contributed by atoms with van der Waals surface area (Å²) >= 11 is 0. The van der Waals surface area contributed by atoms with E-state index < -0.39 is 0 Å². The molecule has 0 radical (unpaired) electrons. The van der Waals surface area contributed by atoms with Crippen LogP contribution in [-0.2, 0) is 4.79 Å². The first kappa shape index (κ1) is 7.00. The van der Waals surface area contributed by atoms with Gasteiger partial charge < -0.3 is 0 Å². The summed E-state index contributed by atoms with van der Waals surface area (Å²) in [6, 6.07) is 0. The Labute approximate surface area is 60.7 Å². The second kappa shape index (κ2) is 3.16. The smallest absolute Gasteiger partial charge is 0.142 e. The Morgan fingerprint density at radius 1 is 1.50 bits per heavy atom. The molecule has 0 spiro atoms. The maximum atomic E-state index is 9.91. The maximum absolute atomic E-state index is 9.91. The summed E-state index contributed by atoms with van der Waals surface area (Å²) in [5.74, 6) is 0. The molecule has 0 heterocycles. The highest BCUT2D eigenvalue weighted by atomic mass is 16.1. The number of rotatable bonds is 2. The molecule has 0 N–H and O–H groups in total. The lowest BCUT2D eigenvalue weighted by molar-refractivity contribution is -0.104. The van der Waals surface area contributed by atoms with Gasteiger partial charge in [0.15, 0.2) is 0 Å². The Balaban J connectivity index is 2.50. The van der Waals surface area contributed by atoms with Crippen LogP contribution in [-0.4, -0.2) is 6.29 Å². The van der Waals surface area contributed by atoms with Crippen molar-refractivity contribution in [1.82, 2.24) is 0 Å². The fourth-order valence-corrected chi connectivity index (χ4v) is 0.966. The first-order chi connectivity index (χ1) is 4.83. The Hall–Kier alpha value is -1.11. The van der Waals surface area contributed by atoms with Crippen molar-refractivity contribution < 1.29 is 4.79 Å². The summed E-state index contributed by atoms with van der Waals surface area (Å²) in [7, 11) is 0. The van der Waals surface area contributed by atoms with Gasteiger partial charge in [-0.2, -0.15) is 0 Å². The van der Waals surface area contributed by atoms with Crippen molar-refractivity contribution in [3.05, 3.63) is 35.5 Å². The van der Waals surface area contributed by atoms with E-state index in [1.807, 2.05) is 12.2 Å². The van der Waals surface area contributed by atoms with Gasteiger partial charge in [-0.1, -0.05) is 23.8 Å². The molecular weight excluding hydrogens is 124 g/mol. The second-order valence-corrected chi connectivity index (χ2v) is 2.43. The first-order valence-electron chi connectivity index (χ1n) is 3.31. The Bertz CT molecular complexity index is 219. The third-order valence-electron chi connectivity index (χ3n) is 1.45. The molecule has 0 amide bonds. The normalized spacial score (nSPS) is 17.3. The molecule has 1 heteroatoms. The van der Waals surface area contributed by atoms with Crippen LogP contribution >= 0.6 is 0 Å². The van der Waals surface area contributed by atoms with Crippen LogP contribution in [0.4, 0.5) is 0 Å². The van der Waals surface area contributed by atoms with Crippen LogP contribution in [0.1, 0.15) is 13.3 Å². The largest absolute Gasteiger partial charge is 0.299 e. The van der Waals surface area contributed by atoms with Crippen molar-refractivity contribution in [2.24, 2.45) is 0 Å². The molecule has 0 fully saturated rings.